The molecule has 0 fully saturated rings. The second-order valence-corrected chi connectivity index (χ2v) is 8.35. The van der Waals surface area contributed by atoms with E-state index in [0.29, 0.717) is 22.5 Å². The number of hydrogen-bond acceptors (Lipinski definition) is 7. The molecule has 0 aliphatic rings. The molecular weight excluding hydrogens is 358 g/mol. The molecule has 0 saturated carbocycles. The number of sulfone groups is 1. The first-order valence-corrected chi connectivity index (χ1v) is 10.9. The number of benzene rings is 1. The zero-order valence-corrected chi connectivity index (χ0v) is 15.9. The van der Waals surface area contributed by atoms with E-state index < -0.39 is 9.84 Å². The average Bonchev–Trinajstić information content (AvgIpc) is 3.02. The molecule has 9 heteroatoms. The second kappa shape index (κ2) is 7.01. The number of nitrogens with one attached hydrogen (secondary N) is 1. The van der Waals surface area contributed by atoms with Crippen LogP contribution in [0.15, 0.2) is 40.5 Å². The summed E-state index contributed by atoms with van der Waals surface area (Å²) < 4.78 is 24.7. The lowest BCUT2D eigenvalue weighted by atomic mass is 10.2. The number of fused-ring (bicyclic) bond motifs is 1. The van der Waals surface area contributed by atoms with Crippen molar-refractivity contribution in [3.8, 4) is 0 Å². The predicted molar refractivity (Wildman–Crippen MR) is 98.8 cm³/mol. The summed E-state index contributed by atoms with van der Waals surface area (Å²) in [7, 11) is -3.18. The van der Waals surface area contributed by atoms with E-state index in [4.69, 9.17) is 0 Å². The largest absolute Gasteiger partial charge is 0.350 e. The lowest BCUT2D eigenvalue weighted by Crippen LogP contribution is -2.09. The quantitative estimate of drug-likeness (QED) is 0.660. The fourth-order valence-electron chi connectivity index (χ4n) is 2.39. The van der Waals surface area contributed by atoms with Crippen LogP contribution in [-0.4, -0.2) is 40.5 Å². The van der Waals surface area contributed by atoms with Crippen molar-refractivity contribution in [2.75, 3.05) is 17.8 Å². The molecule has 1 aromatic carbocycles. The van der Waals surface area contributed by atoms with Gasteiger partial charge >= 0.3 is 0 Å². The van der Waals surface area contributed by atoms with Gasteiger partial charge in [-0.25, -0.2) is 13.4 Å². The fraction of sp³-hybridized carbons (Fsp3) is 0.312. The summed E-state index contributed by atoms with van der Waals surface area (Å²) in [5.41, 5.74) is 2.82. The zero-order chi connectivity index (χ0) is 18.0. The van der Waals surface area contributed by atoms with Gasteiger partial charge in [0.15, 0.2) is 20.6 Å². The summed E-state index contributed by atoms with van der Waals surface area (Å²) in [5, 5.41) is 8.30. The van der Waals surface area contributed by atoms with Crippen molar-refractivity contribution in [1.29, 1.82) is 0 Å². The molecule has 0 amide bonds. The Morgan fingerprint density at radius 3 is 2.52 bits per heavy atom. The molecule has 0 spiro atoms. The number of hydrogen-bond donors (Lipinski definition) is 1. The van der Waals surface area contributed by atoms with Gasteiger partial charge in [-0.1, -0.05) is 30.8 Å². The summed E-state index contributed by atoms with van der Waals surface area (Å²) >= 11 is 1.48. The van der Waals surface area contributed by atoms with Crippen LogP contribution in [0.4, 0.5) is 5.95 Å². The molecule has 7 nitrogen and oxygen atoms in total. The van der Waals surface area contributed by atoms with E-state index in [1.54, 1.807) is 35.0 Å². The maximum atomic E-state index is 11.5. The Bertz CT molecular complexity index is 997. The highest BCUT2D eigenvalue weighted by Gasteiger charge is 2.12. The molecule has 3 rings (SSSR count). The van der Waals surface area contributed by atoms with Gasteiger partial charge in [0.05, 0.1) is 11.1 Å². The minimum atomic E-state index is -3.18. The van der Waals surface area contributed by atoms with Gasteiger partial charge in [0.1, 0.15) is 0 Å². The van der Waals surface area contributed by atoms with Crippen LogP contribution in [0, 0.1) is 0 Å². The van der Waals surface area contributed by atoms with E-state index in [9.17, 15) is 8.42 Å². The van der Waals surface area contributed by atoms with E-state index >= 15 is 0 Å². The van der Waals surface area contributed by atoms with Crippen LogP contribution < -0.4 is 5.32 Å². The van der Waals surface area contributed by atoms with Gasteiger partial charge in [0.2, 0.25) is 5.95 Å². The SMILES string of the molecule is CCc1cnn2c(NCc3ccc(S(C)(=O)=O)cc3)nc(SC)nc12. The Kier molecular flexibility index (Phi) is 4.96. The third-order valence-corrected chi connectivity index (χ3v) is 5.46. The van der Waals surface area contributed by atoms with Gasteiger partial charge in [-0.3, -0.25) is 0 Å². The highest BCUT2D eigenvalue weighted by Crippen LogP contribution is 2.19. The Hall–Kier alpha value is -2.13. The predicted octanol–water partition coefficient (Wildman–Crippen LogP) is 2.42. The molecule has 0 atom stereocenters. The van der Waals surface area contributed by atoms with Crippen molar-refractivity contribution in [2.45, 2.75) is 29.9 Å². The van der Waals surface area contributed by atoms with Gasteiger partial charge < -0.3 is 5.32 Å². The van der Waals surface area contributed by atoms with Gasteiger partial charge in [-0.05, 0) is 30.4 Å². The van der Waals surface area contributed by atoms with Crippen molar-refractivity contribution in [3.63, 3.8) is 0 Å². The lowest BCUT2D eigenvalue weighted by Gasteiger charge is -2.09. The van der Waals surface area contributed by atoms with E-state index in [2.05, 4.69) is 27.3 Å². The number of thioether (sulfide) groups is 1. The fourth-order valence-corrected chi connectivity index (χ4v) is 3.38. The maximum absolute atomic E-state index is 11.5. The Morgan fingerprint density at radius 2 is 1.92 bits per heavy atom. The van der Waals surface area contributed by atoms with Crippen molar-refractivity contribution >= 4 is 33.2 Å². The van der Waals surface area contributed by atoms with Crippen LogP contribution in [-0.2, 0) is 22.8 Å². The van der Waals surface area contributed by atoms with Gasteiger partial charge in [-0.2, -0.15) is 14.6 Å². The first-order valence-electron chi connectivity index (χ1n) is 7.74. The third-order valence-electron chi connectivity index (χ3n) is 3.79. The van der Waals surface area contributed by atoms with E-state index in [1.165, 1.54) is 18.0 Å². The molecule has 2 heterocycles. The molecular formula is C16H19N5O2S2. The minimum absolute atomic E-state index is 0.310. The second-order valence-electron chi connectivity index (χ2n) is 5.56. The molecule has 1 N–H and O–H groups in total. The Balaban J connectivity index is 1.86. The first-order chi connectivity index (χ1) is 11.9. The minimum Gasteiger partial charge on any atom is -0.350 e. The Labute approximate surface area is 150 Å². The number of anilines is 1. The van der Waals surface area contributed by atoms with Gasteiger partial charge in [-0.15, -0.1) is 0 Å². The summed E-state index contributed by atoms with van der Waals surface area (Å²) in [6.07, 6.45) is 5.79. The number of nitrogens with zero attached hydrogens (tertiary/aromatic N) is 4. The van der Waals surface area contributed by atoms with Crippen molar-refractivity contribution in [3.05, 3.63) is 41.6 Å². The summed E-state index contributed by atoms with van der Waals surface area (Å²) in [4.78, 5) is 9.32. The summed E-state index contributed by atoms with van der Waals surface area (Å²) in [6.45, 7) is 2.57. The molecule has 0 aliphatic carbocycles. The van der Waals surface area contributed by atoms with Crippen molar-refractivity contribution in [1.82, 2.24) is 19.6 Å². The molecule has 0 unspecified atom stereocenters. The van der Waals surface area contributed by atoms with Crippen LogP contribution in [0.2, 0.25) is 0 Å². The lowest BCUT2D eigenvalue weighted by molar-refractivity contribution is 0.602. The highest BCUT2D eigenvalue weighted by atomic mass is 32.2. The maximum Gasteiger partial charge on any atom is 0.228 e. The summed E-state index contributed by atoms with van der Waals surface area (Å²) in [6, 6.07) is 6.80. The zero-order valence-electron chi connectivity index (χ0n) is 14.2. The molecule has 25 heavy (non-hydrogen) atoms. The number of aryl methyl sites for hydroxylation is 1. The molecule has 132 valence electrons. The monoisotopic (exact) mass is 377 g/mol. The number of rotatable bonds is 6. The third kappa shape index (κ3) is 3.77. The van der Waals surface area contributed by atoms with E-state index in [1.807, 2.05) is 6.26 Å². The molecule has 2 aromatic heterocycles. The van der Waals surface area contributed by atoms with E-state index in [-0.39, 0.29) is 0 Å². The Morgan fingerprint density at radius 1 is 1.20 bits per heavy atom. The molecule has 0 bridgehead atoms. The average molecular weight is 377 g/mol. The van der Waals surface area contributed by atoms with Crippen LogP contribution >= 0.6 is 11.8 Å². The summed E-state index contributed by atoms with van der Waals surface area (Å²) in [5.74, 6) is 0.612. The standard InChI is InChI=1S/C16H19N5O2S2/c1-4-12-10-18-21-14(12)19-16(24-2)20-15(21)17-9-11-5-7-13(8-6-11)25(3,22)23/h5-8,10H,4,9H2,1-3H3,(H,17,19,20). The topological polar surface area (TPSA) is 89.2 Å². The highest BCUT2D eigenvalue weighted by molar-refractivity contribution is 7.98. The van der Waals surface area contributed by atoms with Crippen molar-refractivity contribution < 1.29 is 8.42 Å². The van der Waals surface area contributed by atoms with Crippen LogP contribution in [0.25, 0.3) is 5.65 Å². The van der Waals surface area contributed by atoms with Crippen LogP contribution in [0.1, 0.15) is 18.1 Å². The molecule has 0 radical (unpaired) electrons. The smallest absolute Gasteiger partial charge is 0.228 e. The number of aromatic nitrogens is 4. The van der Waals surface area contributed by atoms with Crippen LogP contribution in [0.3, 0.4) is 0 Å². The van der Waals surface area contributed by atoms with Crippen molar-refractivity contribution in [2.24, 2.45) is 0 Å². The van der Waals surface area contributed by atoms with Gasteiger partial charge in [0.25, 0.3) is 0 Å². The molecule has 0 saturated heterocycles. The molecule has 3 aromatic rings. The van der Waals surface area contributed by atoms with E-state index in [0.717, 1.165) is 23.2 Å². The normalized spacial score (nSPS) is 11.8. The molecule has 0 aliphatic heterocycles. The van der Waals surface area contributed by atoms with Crippen LogP contribution in [0.5, 0.6) is 0 Å². The van der Waals surface area contributed by atoms with Gasteiger partial charge in [0, 0.05) is 18.4 Å². The first kappa shape index (κ1) is 17.7.